The Hall–Kier alpha value is -3.61. The van der Waals surface area contributed by atoms with Crippen molar-refractivity contribution in [2.45, 2.75) is 0 Å². The molecule has 1 N–H and O–H groups in total. The van der Waals surface area contributed by atoms with E-state index in [0.717, 1.165) is 17.0 Å². The summed E-state index contributed by atoms with van der Waals surface area (Å²) in [7, 11) is 3.16. The fourth-order valence-corrected chi connectivity index (χ4v) is 2.68. The minimum Gasteiger partial charge on any atom is -0.493 e. The quantitative estimate of drug-likeness (QED) is 0.590. The molecule has 0 fully saturated rings. The topological polar surface area (TPSA) is 86.1 Å². The standard InChI is InChI=1S/C19H16N4O3/c1-24-16-7-3-5-13(17(16)25-2)18-22-19(26-23-18)12-8-9-15(21-11-12)14-6-4-10-20-14/h3-11,20H,1-2H3. The van der Waals surface area contributed by atoms with Crippen LogP contribution in [0.4, 0.5) is 0 Å². The van der Waals surface area contributed by atoms with Crippen LogP contribution in [-0.4, -0.2) is 34.3 Å². The van der Waals surface area contributed by atoms with E-state index in [4.69, 9.17) is 14.0 Å². The molecule has 7 heteroatoms. The smallest absolute Gasteiger partial charge is 0.259 e. The summed E-state index contributed by atoms with van der Waals surface area (Å²) in [6.45, 7) is 0. The summed E-state index contributed by atoms with van der Waals surface area (Å²) in [6.07, 6.45) is 3.56. The van der Waals surface area contributed by atoms with Crippen molar-refractivity contribution in [1.82, 2.24) is 20.1 Å². The van der Waals surface area contributed by atoms with Crippen LogP contribution in [0.3, 0.4) is 0 Å². The summed E-state index contributed by atoms with van der Waals surface area (Å²) >= 11 is 0. The zero-order valence-electron chi connectivity index (χ0n) is 14.3. The van der Waals surface area contributed by atoms with E-state index in [1.54, 1.807) is 20.4 Å². The van der Waals surface area contributed by atoms with Crippen LogP contribution in [0.5, 0.6) is 11.5 Å². The molecule has 4 aromatic rings. The van der Waals surface area contributed by atoms with Crippen molar-refractivity contribution in [1.29, 1.82) is 0 Å². The molecular formula is C19H16N4O3. The number of hydrogen-bond acceptors (Lipinski definition) is 6. The number of para-hydroxylation sites is 1. The van der Waals surface area contributed by atoms with Gasteiger partial charge in [0.15, 0.2) is 11.5 Å². The first-order valence-electron chi connectivity index (χ1n) is 7.95. The van der Waals surface area contributed by atoms with E-state index in [1.807, 2.05) is 48.7 Å². The van der Waals surface area contributed by atoms with Gasteiger partial charge in [0.05, 0.1) is 36.7 Å². The molecule has 3 aromatic heterocycles. The fraction of sp³-hybridized carbons (Fsp3) is 0.105. The Bertz CT molecular complexity index is 1010. The lowest BCUT2D eigenvalue weighted by molar-refractivity contribution is 0.355. The molecule has 0 aliphatic heterocycles. The molecule has 0 saturated carbocycles. The maximum absolute atomic E-state index is 5.43. The number of aromatic nitrogens is 4. The number of hydrogen-bond donors (Lipinski definition) is 1. The number of ether oxygens (including phenoxy) is 2. The van der Waals surface area contributed by atoms with E-state index < -0.39 is 0 Å². The molecule has 0 amide bonds. The Morgan fingerprint density at radius 3 is 2.62 bits per heavy atom. The largest absolute Gasteiger partial charge is 0.493 e. The van der Waals surface area contributed by atoms with Crippen molar-refractivity contribution in [3.63, 3.8) is 0 Å². The summed E-state index contributed by atoms with van der Waals surface area (Å²) in [5, 5.41) is 4.06. The molecule has 0 unspecified atom stereocenters. The first-order valence-corrected chi connectivity index (χ1v) is 7.95. The van der Waals surface area contributed by atoms with Crippen LogP contribution in [-0.2, 0) is 0 Å². The van der Waals surface area contributed by atoms with Gasteiger partial charge in [0.2, 0.25) is 5.82 Å². The molecule has 0 saturated heterocycles. The Kier molecular flexibility index (Phi) is 4.10. The van der Waals surface area contributed by atoms with Gasteiger partial charge in [-0.2, -0.15) is 4.98 Å². The summed E-state index contributed by atoms with van der Waals surface area (Å²) in [5.41, 5.74) is 3.22. The molecule has 4 rings (SSSR count). The number of aromatic amines is 1. The maximum Gasteiger partial charge on any atom is 0.259 e. The molecule has 26 heavy (non-hydrogen) atoms. The summed E-state index contributed by atoms with van der Waals surface area (Å²) in [4.78, 5) is 12.0. The van der Waals surface area contributed by atoms with Crippen molar-refractivity contribution in [3.8, 4) is 45.7 Å². The van der Waals surface area contributed by atoms with E-state index in [1.165, 1.54) is 0 Å². The molecule has 1 aromatic carbocycles. The van der Waals surface area contributed by atoms with Crippen molar-refractivity contribution in [2.75, 3.05) is 14.2 Å². The Labute approximate surface area is 149 Å². The third kappa shape index (κ3) is 2.79. The van der Waals surface area contributed by atoms with Crippen molar-refractivity contribution >= 4 is 0 Å². The van der Waals surface area contributed by atoms with Gasteiger partial charge in [-0.15, -0.1) is 0 Å². The van der Waals surface area contributed by atoms with E-state index in [2.05, 4.69) is 20.1 Å². The van der Waals surface area contributed by atoms with E-state index in [0.29, 0.717) is 28.8 Å². The molecular weight excluding hydrogens is 332 g/mol. The number of rotatable bonds is 5. The van der Waals surface area contributed by atoms with Crippen LogP contribution in [0.15, 0.2) is 59.4 Å². The van der Waals surface area contributed by atoms with Crippen LogP contribution in [0, 0.1) is 0 Å². The van der Waals surface area contributed by atoms with Gasteiger partial charge >= 0.3 is 0 Å². The maximum atomic E-state index is 5.43. The van der Waals surface area contributed by atoms with Crippen LogP contribution in [0.1, 0.15) is 0 Å². The van der Waals surface area contributed by atoms with Crippen LogP contribution in [0.25, 0.3) is 34.2 Å². The normalized spacial score (nSPS) is 10.7. The molecule has 130 valence electrons. The number of nitrogens with zero attached hydrogens (tertiary/aromatic N) is 3. The lowest BCUT2D eigenvalue weighted by Gasteiger charge is -2.09. The Morgan fingerprint density at radius 2 is 1.92 bits per heavy atom. The number of benzene rings is 1. The highest BCUT2D eigenvalue weighted by molar-refractivity contribution is 5.70. The van der Waals surface area contributed by atoms with Gasteiger partial charge in [-0.05, 0) is 36.4 Å². The van der Waals surface area contributed by atoms with Crippen molar-refractivity contribution in [3.05, 3.63) is 54.9 Å². The molecule has 0 atom stereocenters. The Morgan fingerprint density at radius 1 is 1.00 bits per heavy atom. The van der Waals surface area contributed by atoms with E-state index >= 15 is 0 Å². The minimum absolute atomic E-state index is 0.385. The van der Waals surface area contributed by atoms with Crippen LogP contribution < -0.4 is 9.47 Å². The van der Waals surface area contributed by atoms with Crippen molar-refractivity contribution in [2.24, 2.45) is 0 Å². The minimum atomic E-state index is 0.385. The average Bonchev–Trinajstić information content (AvgIpc) is 3.39. The zero-order chi connectivity index (χ0) is 17.9. The van der Waals surface area contributed by atoms with E-state index in [9.17, 15) is 0 Å². The van der Waals surface area contributed by atoms with Gasteiger partial charge in [-0.3, -0.25) is 4.98 Å². The lowest BCUT2D eigenvalue weighted by Crippen LogP contribution is -1.94. The summed E-state index contributed by atoms with van der Waals surface area (Å²) in [5.74, 6) is 1.97. The molecule has 0 aliphatic carbocycles. The van der Waals surface area contributed by atoms with Gasteiger partial charge < -0.3 is 19.0 Å². The first-order chi connectivity index (χ1) is 12.8. The number of methoxy groups -OCH3 is 2. The van der Waals surface area contributed by atoms with Crippen LogP contribution >= 0.6 is 0 Å². The highest BCUT2D eigenvalue weighted by Crippen LogP contribution is 2.37. The predicted molar refractivity (Wildman–Crippen MR) is 95.9 cm³/mol. The molecule has 0 aliphatic rings. The van der Waals surface area contributed by atoms with Crippen molar-refractivity contribution < 1.29 is 14.0 Å². The van der Waals surface area contributed by atoms with Crippen LogP contribution in [0.2, 0.25) is 0 Å². The zero-order valence-corrected chi connectivity index (χ0v) is 14.3. The second-order valence-electron chi connectivity index (χ2n) is 5.48. The Balaban J connectivity index is 1.67. The first kappa shape index (κ1) is 15.9. The van der Waals surface area contributed by atoms with E-state index in [-0.39, 0.29) is 0 Å². The summed E-state index contributed by atoms with van der Waals surface area (Å²) < 4.78 is 16.1. The number of pyridine rings is 1. The highest BCUT2D eigenvalue weighted by Gasteiger charge is 2.17. The monoisotopic (exact) mass is 348 g/mol. The van der Waals surface area contributed by atoms with Gasteiger partial charge in [-0.1, -0.05) is 11.2 Å². The van der Waals surface area contributed by atoms with Gasteiger partial charge in [0.25, 0.3) is 5.89 Å². The molecule has 0 bridgehead atoms. The third-order valence-corrected chi connectivity index (χ3v) is 3.95. The predicted octanol–water partition coefficient (Wildman–Crippen LogP) is 3.81. The van der Waals surface area contributed by atoms with Gasteiger partial charge in [0, 0.05) is 12.4 Å². The summed E-state index contributed by atoms with van der Waals surface area (Å²) in [6, 6.07) is 13.2. The molecule has 0 radical (unpaired) electrons. The lowest BCUT2D eigenvalue weighted by atomic mass is 10.1. The molecule has 3 heterocycles. The molecule has 7 nitrogen and oxygen atoms in total. The fourth-order valence-electron chi connectivity index (χ4n) is 2.68. The average molecular weight is 348 g/mol. The number of H-pyrrole nitrogens is 1. The SMILES string of the molecule is COc1cccc(-c2noc(-c3ccc(-c4ccc[nH]4)nc3)n2)c1OC. The van der Waals surface area contributed by atoms with Gasteiger partial charge in [0.1, 0.15) is 0 Å². The highest BCUT2D eigenvalue weighted by atomic mass is 16.5. The van der Waals surface area contributed by atoms with Gasteiger partial charge in [-0.25, -0.2) is 0 Å². The second kappa shape index (κ2) is 6.72. The third-order valence-electron chi connectivity index (χ3n) is 3.95. The second-order valence-corrected chi connectivity index (χ2v) is 5.48. The molecule has 0 spiro atoms. The number of nitrogens with one attached hydrogen (secondary N) is 1.